The summed E-state index contributed by atoms with van der Waals surface area (Å²) in [5, 5.41) is 0. The average molecular weight is 391 g/mol. The first kappa shape index (κ1) is 17.9. The van der Waals surface area contributed by atoms with E-state index in [9.17, 15) is 8.42 Å². The van der Waals surface area contributed by atoms with Gasteiger partial charge in [-0.15, -0.1) is 0 Å². The molecule has 2 aliphatic heterocycles. The van der Waals surface area contributed by atoms with Crippen LogP contribution in [0.15, 0.2) is 35.2 Å². The SMILES string of the molecule is COc1ccc(OC)c(S(=O)(=O)N2CCc3cc4c(cc3C2)OCCO4)c1. The van der Waals surface area contributed by atoms with Crippen molar-refractivity contribution in [3.8, 4) is 23.0 Å². The van der Waals surface area contributed by atoms with Gasteiger partial charge in [0.05, 0.1) is 14.2 Å². The first-order valence-electron chi connectivity index (χ1n) is 8.66. The predicted octanol–water partition coefficient (Wildman–Crippen LogP) is 2.22. The number of rotatable bonds is 4. The summed E-state index contributed by atoms with van der Waals surface area (Å²) in [6.07, 6.45) is 0.609. The van der Waals surface area contributed by atoms with Crippen molar-refractivity contribution in [2.45, 2.75) is 17.9 Å². The lowest BCUT2D eigenvalue weighted by atomic mass is 10.00. The third kappa shape index (κ3) is 3.19. The number of hydrogen-bond donors (Lipinski definition) is 0. The number of benzene rings is 2. The summed E-state index contributed by atoms with van der Waals surface area (Å²) >= 11 is 0. The van der Waals surface area contributed by atoms with E-state index in [4.69, 9.17) is 18.9 Å². The molecule has 0 radical (unpaired) electrons. The molecule has 2 aromatic carbocycles. The van der Waals surface area contributed by atoms with Crippen molar-refractivity contribution in [2.24, 2.45) is 0 Å². The fourth-order valence-corrected chi connectivity index (χ4v) is 4.99. The van der Waals surface area contributed by atoms with Crippen LogP contribution in [0.4, 0.5) is 0 Å². The average Bonchev–Trinajstić information content (AvgIpc) is 2.71. The third-order valence-electron chi connectivity index (χ3n) is 4.83. The molecule has 8 heteroatoms. The topological polar surface area (TPSA) is 74.3 Å². The summed E-state index contributed by atoms with van der Waals surface area (Å²) in [4.78, 5) is 0.102. The Labute approximate surface area is 158 Å². The second-order valence-corrected chi connectivity index (χ2v) is 8.28. The molecule has 0 saturated carbocycles. The molecule has 7 nitrogen and oxygen atoms in total. The van der Waals surface area contributed by atoms with E-state index in [0.29, 0.717) is 43.4 Å². The number of hydrogen-bond acceptors (Lipinski definition) is 6. The van der Waals surface area contributed by atoms with Crippen LogP contribution in [-0.2, 0) is 23.0 Å². The van der Waals surface area contributed by atoms with Gasteiger partial charge >= 0.3 is 0 Å². The van der Waals surface area contributed by atoms with Gasteiger partial charge in [0.1, 0.15) is 29.6 Å². The van der Waals surface area contributed by atoms with Crippen LogP contribution in [0.1, 0.15) is 11.1 Å². The highest BCUT2D eigenvalue weighted by molar-refractivity contribution is 7.89. The van der Waals surface area contributed by atoms with E-state index in [-0.39, 0.29) is 11.4 Å². The molecule has 0 spiro atoms. The van der Waals surface area contributed by atoms with Crippen LogP contribution in [0.3, 0.4) is 0 Å². The van der Waals surface area contributed by atoms with E-state index in [1.165, 1.54) is 24.6 Å². The van der Waals surface area contributed by atoms with E-state index < -0.39 is 10.0 Å². The van der Waals surface area contributed by atoms with Gasteiger partial charge in [0.25, 0.3) is 0 Å². The van der Waals surface area contributed by atoms with Crippen molar-refractivity contribution >= 4 is 10.0 Å². The zero-order chi connectivity index (χ0) is 19.0. The Morgan fingerprint density at radius 1 is 0.963 bits per heavy atom. The molecule has 2 aromatic rings. The lowest BCUT2D eigenvalue weighted by molar-refractivity contribution is 0.171. The van der Waals surface area contributed by atoms with Crippen molar-refractivity contribution in [3.63, 3.8) is 0 Å². The Bertz CT molecular complexity index is 972. The predicted molar refractivity (Wildman–Crippen MR) is 98.3 cm³/mol. The molecule has 0 N–H and O–H groups in total. The first-order chi connectivity index (χ1) is 13.0. The van der Waals surface area contributed by atoms with Gasteiger partial charge in [-0.3, -0.25) is 0 Å². The van der Waals surface area contributed by atoms with Gasteiger partial charge < -0.3 is 18.9 Å². The lowest BCUT2D eigenvalue weighted by Crippen LogP contribution is -2.36. The molecular formula is C19H21NO6S. The molecule has 0 bridgehead atoms. The van der Waals surface area contributed by atoms with Crippen LogP contribution >= 0.6 is 0 Å². The molecule has 2 heterocycles. The van der Waals surface area contributed by atoms with Gasteiger partial charge in [-0.1, -0.05) is 0 Å². The second-order valence-electron chi connectivity index (χ2n) is 6.37. The Morgan fingerprint density at radius 2 is 1.67 bits per heavy atom. The minimum Gasteiger partial charge on any atom is -0.497 e. The molecule has 0 amide bonds. The number of sulfonamides is 1. The van der Waals surface area contributed by atoms with Crippen LogP contribution in [0.2, 0.25) is 0 Å². The number of fused-ring (bicyclic) bond motifs is 2. The highest BCUT2D eigenvalue weighted by Gasteiger charge is 2.32. The van der Waals surface area contributed by atoms with Crippen LogP contribution in [0.5, 0.6) is 23.0 Å². The lowest BCUT2D eigenvalue weighted by Gasteiger charge is -2.30. The molecule has 0 aliphatic carbocycles. The number of methoxy groups -OCH3 is 2. The molecule has 0 saturated heterocycles. The van der Waals surface area contributed by atoms with Gasteiger partial charge in [0.2, 0.25) is 10.0 Å². The van der Waals surface area contributed by atoms with Crippen molar-refractivity contribution in [2.75, 3.05) is 34.0 Å². The third-order valence-corrected chi connectivity index (χ3v) is 6.70. The minimum absolute atomic E-state index is 0.102. The van der Waals surface area contributed by atoms with E-state index in [1.807, 2.05) is 12.1 Å². The molecule has 0 unspecified atom stereocenters. The molecule has 0 aromatic heterocycles. The van der Waals surface area contributed by atoms with Gasteiger partial charge in [0.15, 0.2) is 11.5 Å². The second kappa shape index (κ2) is 6.94. The minimum atomic E-state index is -3.75. The fraction of sp³-hybridized carbons (Fsp3) is 0.368. The zero-order valence-electron chi connectivity index (χ0n) is 15.2. The maximum absolute atomic E-state index is 13.3. The van der Waals surface area contributed by atoms with Gasteiger partial charge in [-0.2, -0.15) is 4.31 Å². The normalized spacial score (nSPS) is 16.5. The summed E-state index contributed by atoms with van der Waals surface area (Å²) < 4.78 is 49.7. The van der Waals surface area contributed by atoms with Crippen molar-refractivity contribution < 1.29 is 27.4 Å². The molecule has 27 heavy (non-hydrogen) atoms. The fourth-order valence-electron chi connectivity index (χ4n) is 3.40. The van der Waals surface area contributed by atoms with E-state index in [0.717, 1.165) is 16.9 Å². The van der Waals surface area contributed by atoms with E-state index in [2.05, 4.69) is 0 Å². The summed E-state index contributed by atoms with van der Waals surface area (Å²) in [5.74, 6) is 2.15. The Hall–Kier alpha value is -2.45. The molecule has 2 aliphatic rings. The van der Waals surface area contributed by atoms with Gasteiger partial charge in [-0.25, -0.2) is 8.42 Å². The van der Waals surface area contributed by atoms with Gasteiger partial charge in [0, 0.05) is 19.2 Å². The Morgan fingerprint density at radius 3 is 2.33 bits per heavy atom. The largest absolute Gasteiger partial charge is 0.497 e. The highest BCUT2D eigenvalue weighted by atomic mass is 32.2. The maximum Gasteiger partial charge on any atom is 0.247 e. The first-order valence-corrected chi connectivity index (χ1v) is 10.1. The number of ether oxygens (including phenoxy) is 4. The van der Waals surface area contributed by atoms with Crippen LogP contribution < -0.4 is 18.9 Å². The van der Waals surface area contributed by atoms with Crippen LogP contribution in [0, 0.1) is 0 Å². The molecule has 144 valence electrons. The summed E-state index contributed by atoms with van der Waals surface area (Å²) in [6, 6.07) is 8.61. The van der Waals surface area contributed by atoms with Crippen molar-refractivity contribution in [1.29, 1.82) is 0 Å². The Balaban J connectivity index is 1.69. The molecule has 0 atom stereocenters. The van der Waals surface area contributed by atoms with E-state index in [1.54, 1.807) is 12.1 Å². The van der Waals surface area contributed by atoms with Crippen LogP contribution in [-0.4, -0.2) is 46.7 Å². The summed E-state index contributed by atoms with van der Waals surface area (Å²) in [7, 11) is -0.790. The van der Waals surface area contributed by atoms with Crippen LogP contribution in [0.25, 0.3) is 0 Å². The molecule has 4 rings (SSSR count). The summed E-state index contributed by atoms with van der Waals surface area (Å²) in [5.41, 5.74) is 2.01. The van der Waals surface area contributed by atoms with Crippen molar-refractivity contribution in [1.82, 2.24) is 4.31 Å². The maximum atomic E-state index is 13.3. The molecule has 0 fully saturated rings. The summed E-state index contributed by atoms with van der Waals surface area (Å²) in [6.45, 7) is 1.68. The quantitative estimate of drug-likeness (QED) is 0.796. The standard InChI is InChI=1S/C19H21NO6S/c1-23-15-3-4-16(24-2)19(11-15)27(21,22)20-6-5-13-9-17-18(10-14(13)12-20)26-8-7-25-17/h3-4,9-11H,5-8,12H2,1-2H3. The monoisotopic (exact) mass is 391 g/mol. The highest BCUT2D eigenvalue weighted by Crippen LogP contribution is 2.37. The number of nitrogens with zero attached hydrogens (tertiary/aromatic N) is 1. The Kier molecular flexibility index (Phi) is 4.61. The van der Waals surface area contributed by atoms with Crippen molar-refractivity contribution in [3.05, 3.63) is 41.5 Å². The smallest absolute Gasteiger partial charge is 0.247 e. The molecular weight excluding hydrogens is 370 g/mol. The van der Waals surface area contributed by atoms with E-state index >= 15 is 0 Å². The van der Waals surface area contributed by atoms with Gasteiger partial charge in [-0.05, 0) is 41.8 Å². The zero-order valence-corrected chi connectivity index (χ0v) is 16.0.